The van der Waals surface area contributed by atoms with E-state index in [-0.39, 0.29) is 11.7 Å². The summed E-state index contributed by atoms with van der Waals surface area (Å²) in [6.45, 7) is 6.58. The van der Waals surface area contributed by atoms with Crippen molar-refractivity contribution in [2.24, 2.45) is 5.10 Å². The molecule has 33 heavy (non-hydrogen) atoms. The molecule has 0 aliphatic carbocycles. The van der Waals surface area contributed by atoms with Crippen molar-refractivity contribution in [2.75, 3.05) is 13.2 Å². The van der Waals surface area contributed by atoms with Crippen LogP contribution in [0.2, 0.25) is 0 Å². The molecule has 170 valence electrons. The topological polar surface area (TPSA) is 86.2 Å². The van der Waals surface area contributed by atoms with Crippen LogP contribution < -0.4 is 19.6 Å². The molecule has 1 N–H and O–H groups in total. The molecule has 0 saturated heterocycles. The van der Waals surface area contributed by atoms with Crippen LogP contribution in [0.1, 0.15) is 45.7 Å². The summed E-state index contributed by atoms with van der Waals surface area (Å²) in [5.41, 5.74) is 5.08. The number of nitrogens with zero attached hydrogens (tertiary/aromatic N) is 1. The second kappa shape index (κ2) is 11.5. The minimum Gasteiger partial charge on any atom is -0.494 e. The standard InChI is InChI=1S/C26H26N2O5/c1-4-31-22-12-10-20(11-13-22)26(30)33-23-14-9-19(16-24(23)32-5-2)17-27-28-25(29)21-8-6-7-18(3)15-21/h6-17H,4-5H2,1-3H3,(H,28,29)/b27-17-. The number of esters is 1. The van der Waals surface area contributed by atoms with Gasteiger partial charge in [0.2, 0.25) is 0 Å². The monoisotopic (exact) mass is 446 g/mol. The molecule has 7 nitrogen and oxygen atoms in total. The molecule has 0 radical (unpaired) electrons. The summed E-state index contributed by atoms with van der Waals surface area (Å²) in [5.74, 6) is 0.552. The number of rotatable bonds is 9. The fourth-order valence-electron chi connectivity index (χ4n) is 2.99. The molecule has 0 atom stereocenters. The predicted octanol–water partition coefficient (Wildman–Crippen LogP) is 4.78. The summed E-state index contributed by atoms with van der Waals surface area (Å²) in [6, 6.07) is 19.0. The van der Waals surface area contributed by atoms with Gasteiger partial charge in [-0.15, -0.1) is 0 Å². The third-order valence-corrected chi connectivity index (χ3v) is 4.53. The minimum absolute atomic E-state index is 0.289. The Labute approximate surface area is 193 Å². The Hall–Kier alpha value is -4.13. The van der Waals surface area contributed by atoms with Crippen LogP contribution in [-0.4, -0.2) is 31.3 Å². The van der Waals surface area contributed by atoms with Gasteiger partial charge in [-0.05, 0) is 80.9 Å². The number of ether oxygens (including phenoxy) is 3. The quantitative estimate of drug-likeness (QED) is 0.221. The number of carbonyl (C=O) groups is 2. The van der Waals surface area contributed by atoms with Gasteiger partial charge in [0.25, 0.3) is 5.91 Å². The molecule has 0 saturated carbocycles. The zero-order valence-corrected chi connectivity index (χ0v) is 18.8. The van der Waals surface area contributed by atoms with Gasteiger partial charge in [-0.1, -0.05) is 17.7 Å². The molecular formula is C26H26N2O5. The average Bonchev–Trinajstić information content (AvgIpc) is 2.81. The second-order valence-electron chi connectivity index (χ2n) is 7.05. The number of hydrogen-bond acceptors (Lipinski definition) is 6. The highest BCUT2D eigenvalue weighted by molar-refractivity contribution is 5.95. The Morgan fingerprint density at radius 3 is 2.33 bits per heavy atom. The van der Waals surface area contributed by atoms with E-state index < -0.39 is 5.97 Å². The summed E-state index contributed by atoms with van der Waals surface area (Å²) < 4.78 is 16.6. The number of benzene rings is 3. The molecular weight excluding hydrogens is 420 g/mol. The van der Waals surface area contributed by atoms with Crippen molar-refractivity contribution < 1.29 is 23.8 Å². The van der Waals surface area contributed by atoms with Crippen molar-refractivity contribution in [3.8, 4) is 17.2 Å². The van der Waals surface area contributed by atoms with Crippen molar-refractivity contribution in [2.45, 2.75) is 20.8 Å². The van der Waals surface area contributed by atoms with Crippen LogP contribution in [0.3, 0.4) is 0 Å². The summed E-state index contributed by atoms with van der Waals surface area (Å²) in [5, 5.41) is 4.01. The van der Waals surface area contributed by atoms with E-state index in [2.05, 4.69) is 10.5 Å². The highest BCUT2D eigenvalue weighted by Gasteiger charge is 2.13. The molecule has 0 aliphatic heterocycles. The Kier molecular flexibility index (Phi) is 8.18. The molecule has 3 rings (SSSR count). The van der Waals surface area contributed by atoms with Crippen molar-refractivity contribution in [3.05, 3.63) is 89.0 Å². The van der Waals surface area contributed by atoms with Crippen LogP contribution in [0.25, 0.3) is 0 Å². The third-order valence-electron chi connectivity index (χ3n) is 4.53. The fourth-order valence-corrected chi connectivity index (χ4v) is 2.99. The van der Waals surface area contributed by atoms with Crippen LogP contribution in [0.5, 0.6) is 17.2 Å². The number of nitrogens with one attached hydrogen (secondary N) is 1. The zero-order chi connectivity index (χ0) is 23.6. The van der Waals surface area contributed by atoms with E-state index in [0.717, 1.165) is 5.56 Å². The molecule has 3 aromatic carbocycles. The van der Waals surface area contributed by atoms with Gasteiger partial charge >= 0.3 is 5.97 Å². The van der Waals surface area contributed by atoms with Crippen molar-refractivity contribution in [3.63, 3.8) is 0 Å². The number of hydrazone groups is 1. The van der Waals surface area contributed by atoms with E-state index in [9.17, 15) is 9.59 Å². The summed E-state index contributed by atoms with van der Waals surface area (Å²) in [6.07, 6.45) is 1.49. The first-order chi connectivity index (χ1) is 16.0. The third kappa shape index (κ3) is 6.67. The van der Waals surface area contributed by atoms with E-state index in [1.165, 1.54) is 6.21 Å². The molecule has 0 heterocycles. The fraction of sp³-hybridized carbons (Fsp3) is 0.192. The lowest BCUT2D eigenvalue weighted by Crippen LogP contribution is -2.17. The highest BCUT2D eigenvalue weighted by Crippen LogP contribution is 2.29. The zero-order valence-electron chi connectivity index (χ0n) is 18.8. The normalized spacial score (nSPS) is 10.6. The molecule has 1 amide bonds. The Morgan fingerprint density at radius 2 is 1.64 bits per heavy atom. The average molecular weight is 447 g/mol. The summed E-state index contributed by atoms with van der Waals surface area (Å²) in [4.78, 5) is 24.7. The Bertz CT molecular complexity index is 1140. The van der Waals surface area contributed by atoms with Crippen molar-refractivity contribution in [1.82, 2.24) is 5.43 Å². The maximum atomic E-state index is 12.5. The number of aryl methyl sites for hydroxylation is 1. The van der Waals surface area contributed by atoms with E-state index in [1.54, 1.807) is 54.6 Å². The lowest BCUT2D eigenvalue weighted by atomic mass is 10.1. The number of amides is 1. The number of hydrogen-bond donors (Lipinski definition) is 1. The van der Waals surface area contributed by atoms with Gasteiger partial charge in [-0.2, -0.15) is 5.10 Å². The second-order valence-corrected chi connectivity index (χ2v) is 7.05. The van der Waals surface area contributed by atoms with Crippen LogP contribution in [0.4, 0.5) is 0 Å². The SMILES string of the molecule is CCOc1ccc(C(=O)Oc2ccc(/C=N\NC(=O)c3cccc(C)c3)cc2OCC)cc1. The lowest BCUT2D eigenvalue weighted by molar-refractivity contribution is 0.0728. The molecule has 0 unspecified atom stereocenters. The first kappa shape index (κ1) is 23.5. The smallest absolute Gasteiger partial charge is 0.343 e. The molecule has 0 fully saturated rings. The first-order valence-electron chi connectivity index (χ1n) is 10.6. The molecule has 0 spiro atoms. The van der Waals surface area contributed by atoms with Gasteiger partial charge in [0.15, 0.2) is 11.5 Å². The highest BCUT2D eigenvalue weighted by atomic mass is 16.6. The van der Waals surface area contributed by atoms with Crippen molar-refractivity contribution >= 4 is 18.1 Å². The van der Waals surface area contributed by atoms with Gasteiger partial charge in [-0.25, -0.2) is 10.2 Å². The van der Waals surface area contributed by atoms with Crippen LogP contribution in [0.15, 0.2) is 71.8 Å². The maximum Gasteiger partial charge on any atom is 0.343 e. The molecule has 0 bridgehead atoms. The van der Waals surface area contributed by atoms with E-state index >= 15 is 0 Å². The van der Waals surface area contributed by atoms with E-state index in [0.29, 0.717) is 41.4 Å². The summed E-state index contributed by atoms with van der Waals surface area (Å²) in [7, 11) is 0. The van der Waals surface area contributed by atoms with Gasteiger partial charge in [0, 0.05) is 5.56 Å². The molecule has 7 heteroatoms. The minimum atomic E-state index is -0.508. The van der Waals surface area contributed by atoms with E-state index in [1.807, 2.05) is 32.9 Å². The largest absolute Gasteiger partial charge is 0.494 e. The van der Waals surface area contributed by atoms with Gasteiger partial charge in [0.05, 0.1) is 25.0 Å². The molecule has 0 aromatic heterocycles. The maximum absolute atomic E-state index is 12.5. The van der Waals surface area contributed by atoms with Gasteiger partial charge in [-0.3, -0.25) is 4.79 Å². The van der Waals surface area contributed by atoms with E-state index in [4.69, 9.17) is 14.2 Å². The lowest BCUT2D eigenvalue weighted by Gasteiger charge is -2.11. The molecule has 0 aliphatic rings. The van der Waals surface area contributed by atoms with Gasteiger partial charge in [0.1, 0.15) is 5.75 Å². The molecule has 3 aromatic rings. The Balaban J connectivity index is 1.68. The van der Waals surface area contributed by atoms with Gasteiger partial charge < -0.3 is 14.2 Å². The van der Waals surface area contributed by atoms with Crippen LogP contribution >= 0.6 is 0 Å². The Morgan fingerprint density at radius 1 is 0.879 bits per heavy atom. The van der Waals surface area contributed by atoms with Crippen LogP contribution in [-0.2, 0) is 0 Å². The van der Waals surface area contributed by atoms with Crippen molar-refractivity contribution in [1.29, 1.82) is 0 Å². The van der Waals surface area contributed by atoms with Crippen LogP contribution in [0, 0.1) is 6.92 Å². The predicted molar refractivity (Wildman–Crippen MR) is 126 cm³/mol. The number of carbonyl (C=O) groups excluding carboxylic acids is 2. The first-order valence-corrected chi connectivity index (χ1v) is 10.6. The summed E-state index contributed by atoms with van der Waals surface area (Å²) >= 11 is 0.